The van der Waals surface area contributed by atoms with Crippen LogP contribution in [0.3, 0.4) is 0 Å². The van der Waals surface area contributed by atoms with Crippen molar-refractivity contribution in [1.29, 1.82) is 0 Å². The minimum atomic E-state index is 0. The van der Waals surface area contributed by atoms with E-state index in [1.165, 1.54) is 4.88 Å². The highest BCUT2D eigenvalue weighted by Crippen LogP contribution is 2.11. The largest absolute Gasteiger partial charge is 0.370 e. The van der Waals surface area contributed by atoms with Gasteiger partial charge in [-0.3, -0.25) is 0 Å². The molecule has 0 radical (unpaired) electrons. The summed E-state index contributed by atoms with van der Waals surface area (Å²) in [5.41, 5.74) is 6.68. The maximum absolute atomic E-state index is 5.65. The fourth-order valence-electron chi connectivity index (χ4n) is 0.925. The van der Waals surface area contributed by atoms with Gasteiger partial charge in [0.25, 0.3) is 0 Å². The van der Waals surface area contributed by atoms with E-state index < -0.39 is 0 Å². The molecule has 4 nitrogen and oxygen atoms in total. The van der Waals surface area contributed by atoms with Gasteiger partial charge in [0.15, 0.2) is 5.96 Å². The number of thiazole rings is 1. The lowest BCUT2D eigenvalue weighted by molar-refractivity contribution is 0.935. The summed E-state index contributed by atoms with van der Waals surface area (Å²) < 4.78 is 0. The number of aryl methyl sites for hydroxylation is 1. The third kappa shape index (κ3) is 6.06. The Morgan fingerprint density at radius 3 is 2.88 bits per heavy atom. The number of guanidine groups is 1. The van der Waals surface area contributed by atoms with E-state index >= 15 is 0 Å². The lowest BCUT2D eigenvalue weighted by Gasteiger charge is -2.03. The quantitative estimate of drug-likeness (QED) is 0.377. The summed E-state index contributed by atoms with van der Waals surface area (Å²) >= 11 is 1.64. The fourth-order valence-corrected chi connectivity index (χ4v) is 1.64. The Bertz CT molecular complexity index is 373. The van der Waals surface area contributed by atoms with E-state index in [0.717, 1.165) is 10.6 Å². The Balaban J connectivity index is 0.00000225. The van der Waals surface area contributed by atoms with Crippen molar-refractivity contribution in [3.05, 3.63) is 28.2 Å². The van der Waals surface area contributed by atoms with E-state index in [2.05, 4.69) is 21.9 Å². The van der Waals surface area contributed by atoms with Gasteiger partial charge in [-0.1, -0.05) is 12.2 Å². The molecule has 3 N–H and O–H groups in total. The molecule has 0 spiro atoms. The van der Waals surface area contributed by atoms with E-state index in [1.807, 2.05) is 20.0 Å². The molecule has 0 atom stereocenters. The van der Waals surface area contributed by atoms with Gasteiger partial charge >= 0.3 is 0 Å². The minimum Gasteiger partial charge on any atom is -0.370 e. The molecule has 1 aromatic rings. The molecule has 0 fully saturated rings. The number of rotatable bonds is 4. The molecule has 1 aromatic heterocycles. The van der Waals surface area contributed by atoms with Gasteiger partial charge in [0.1, 0.15) is 5.01 Å². The standard InChI is InChI=1S/C10H16N4S.HI/c1-7(2)4-13-10(11)14-6-9-12-5-8(3)15-9;/h5H,1,4,6H2,2-3H3,(H3,11,13,14);1H. The molecule has 0 amide bonds. The maximum atomic E-state index is 5.65. The first-order chi connectivity index (χ1) is 7.08. The average molecular weight is 352 g/mol. The van der Waals surface area contributed by atoms with Gasteiger partial charge in [0, 0.05) is 17.6 Å². The van der Waals surface area contributed by atoms with Crippen LogP contribution in [0.15, 0.2) is 23.3 Å². The Kier molecular flexibility index (Phi) is 7.31. The van der Waals surface area contributed by atoms with Crippen LogP contribution in [0.2, 0.25) is 0 Å². The molecule has 0 saturated carbocycles. The molecule has 0 aliphatic rings. The summed E-state index contributed by atoms with van der Waals surface area (Å²) in [5, 5.41) is 3.94. The van der Waals surface area contributed by atoms with Gasteiger partial charge in [-0.15, -0.1) is 35.3 Å². The third-order valence-electron chi connectivity index (χ3n) is 1.63. The zero-order valence-electron chi connectivity index (χ0n) is 9.49. The molecule has 90 valence electrons. The number of nitrogens with zero attached hydrogens (tertiary/aromatic N) is 2. The van der Waals surface area contributed by atoms with E-state index in [9.17, 15) is 0 Å². The number of aromatic nitrogens is 1. The highest BCUT2D eigenvalue weighted by atomic mass is 127. The van der Waals surface area contributed by atoms with Gasteiger partial charge < -0.3 is 11.1 Å². The number of halogens is 1. The second-order valence-corrected chi connectivity index (χ2v) is 4.70. The van der Waals surface area contributed by atoms with Crippen LogP contribution in [0.1, 0.15) is 16.8 Å². The summed E-state index contributed by atoms with van der Waals surface area (Å²) in [6.07, 6.45) is 1.84. The smallest absolute Gasteiger partial charge is 0.189 e. The molecule has 16 heavy (non-hydrogen) atoms. The van der Waals surface area contributed by atoms with Crippen molar-refractivity contribution in [2.24, 2.45) is 10.7 Å². The second-order valence-electron chi connectivity index (χ2n) is 3.38. The van der Waals surface area contributed by atoms with E-state index in [-0.39, 0.29) is 24.0 Å². The second kappa shape index (κ2) is 7.61. The Morgan fingerprint density at radius 1 is 1.69 bits per heavy atom. The summed E-state index contributed by atoms with van der Waals surface area (Å²) in [4.78, 5) is 9.55. The maximum Gasteiger partial charge on any atom is 0.189 e. The third-order valence-corrected chi connectivity index (χ3v) is 2.52. The van der Waals surface area contributed by atoms with Gasteiger partial charge in [-0.25, -0.2) is 9.98 Å². The van der Waals surface area contributed by atoms with Crippen molar-refractivity contribution in [3.8, 4) is 0 Å². The molecule has 0 saturated heterocycles. The lowest BCUT2D eigenvalue weighted by atomic mass is 10.3. The monoisotopic (exact) mass is 352 g/mol. The molecule has 1 rings (SSSR count). The summed E-state index contributed by atoms with van der Waals surface area (Å²) in [5.74, 6) is 0.436. The van der Waals surface area contributed by atoms with E-state index in [0.29, 0.717) is 19.0 Å². The van der Waals surface area contributed by atoms with Crippen LogP contribution in [-0.4, -0.2) is 17.5 Å². The number of nitrogens with one attached hydrogen (secondary N) is 1. The van der Waals surface area contributed by atoms with Gasteiger partial charge in [0.05, 0.1) is 6.54 Å². The molecule has 0 aromatic carbocycles. The predicted octanol–water partition coefficient (Wildman–Crippen LogP) is 2.05. The summed E-state index contributed by atoms with van der Waals surface area (Å²) in [6.45, 7) is 8.92. The van der Waals surface area contributed by atoms with Crippen LogP contribution in [0, 0.1) is 6.92 Å². The van der Waals surface area contributed by atoms with Crippen LogP contribution in [0.5, 0.6) is 0 Å². The Labute approximate surface area is 117 Å². The Morgan fingerprint density at radius 2 is 2.38 bits per heavy atom. The van der Waals surface area contributed by atoms with Crippen LogP contribution < -0.4 is 11.1 Å². The van der Waals surface area contributed by atoms with E-state index in [1.54, 1.807) is 11.3 Å². The van der Waals surface area contributed by atoms with Crippen molar-refractivity contribution in [2.75, 3.05) is 6.54 Å². The van der Waals surface area contributed by atoms with Crippen molar-refractivity contribution in [1.82, 2.24) is 10.3 Å². The molecular weight excluding hydrogens is 335 g/mol. The molecule has 0 bridgehead atoms. The van der Waals surface area contributed by atoms with Crippen molar-refractivity contribution in [3.63, 3.8) is 0 Å². The van der Waals surface area contributed by atoms with Crippen molar-refractivity contribution >= 4 is 41.3 Å². The topological polar surface area (TPSA) is 63.3 Å². The van der Waals surface area contributed by atoms with Gasteiger partial charge in [-0.05, 0) is 13.8 Å². The first kappa shape index (κ1) is 15.4. The zero-order valence-corrected chi connectivity index (χ0v) is 12.6. The highest BCUT2D eigenvalue weighted by molar-refractivity contribution is 14.0. The van der Waals surface area contributed by atoms with Gasteiger partial charge in [-0.2, -0.15) is 0 Å². The average Bonchev–Trinajstić information content (AvgIpc) is 2.58. The fraction of sp³-hybridized carbons (Fsp3) is 0.400. The number of hydrogen-bond acceptors (Lipinski definition) is 3. The van der Waals surface area contributed by atoms with E-state index in [4.69, 9.17) is 5.73 Å². The number of nitrogens with two attached hydrogens (primary N) is 1. The summed E-state index contributed by atoms with van der Waals surface area (Å²) in [6, 6.07) is 0. The van der Waals surface area contributed by atoms with Crippen LogP contribution in [0.4, 0.5) is 0 Å². The van der Waals surface area contributed by atoms with Crippen molar-refractivity contribution < 1.29 is 0 Å². The normalized spacial score (nSPS) is 10.8. The highest BCUT2D eigenvalue weighted by Gasteiger charge is 1.97. The molecule has 0 unspecified atom stereocenters. The lowest BCUT2D eigenvalue weighted by Crippen LogP contribution is -2.32. The summed E-state index contributed by atoms with van der Waals surface area (Å²) in [7, 11) is 0. The first-order valence-electron chi connectivity index (χ1n) is 4.67. The molecule has 0 aliphatic heterocycles. The van der Waals surface area contributed by atoms with Crippen LogP contribution in [-0.2, 0) is 6.54 Å². The van der Waals surface area contributed by atoms with Gasteiger partial charge in [0.2, 0.25) is 0 Å². The molecule has 6 heteroatoms. The SMILES string of the molecule is C=C(C)CNC(N)=NCc1ncc(C)s1.I. The zero-order chi connectivity index (χ0) is 11.3. The Hall–Kier alpha value is -0.630. The molecule has 1 heterocycles. The number of aliphatic imine (C=N–C) groups is 1. The van der Waals surface area contributed by atoms with Crippen LogP contribution in [0.25, 0.3) is 0 Å². The molecular formula is C10H17IN4S. The van der Waals surface area contributed by atoms with Crippen LogP contribution >= 0.6 is 35.3 Å². The molecule has 0 aliphatic carbocycles. The predicted molar refractivity (Wildman–Crippen MR) is 80.4 cm³/mol. The van der Waals surface area contributed by atoms with Crippen molar-refractivity contribution in [2.45, 2.75) is 20.4 Å². The number of hydrogen-bond donors (Lipinski definition) is 2. The minimum absolute atomic E-state index is 0. The first-order valence-corrected chi connectivity index (χ1v) is 5.49.